The number of hydrogen-bond acceptors (Lipinski definition) is 2. The van der Waals surface area contributed by atoms with Crippen LogP contribution in [0, 0.1) is 0 Å². The largest absolute Gasteiger partial charge is 0.492 e. The molecule has 2 rings (SSSR count). The highest BCUT2D eigenvalue weighted by atomic mass is 35.5. The van der Waals surface area contributed by atoms with Crippen molar-refractivity contribution in [2.24, 2.45) is 0 Å². The molecule has 0 aliphatic rings. The van der Waals surface area contributed by atoms with Crippen LogP contribution in [0.25, 0.3) is 0 Å². The Morgan fingerprint density at radius 3 is 2.76 bits per heavy atom. The van der Waals surface area contributed by atoms with Gasteiger partial charge >= 0.3 is 0 Å². The van der Waals surface area contributed by atoms with Gasteiger partial charge in [0.05, 0.1) is 6.54 Å². The van der Waals surface area contributed by atoms with E-state index in [2.05, 4.69) is 18.3 Å². The standard InChI is InChI=1S/C17H18ClNO2/c1-2-13-5-3-8-16(11-13)21-10-9-19-17(20)14-6-4-7-15(18)12-14/h3-8,11-12H,2,9-10H2,1H3,(H,19,20). The lowest BCUT2D eigenvalue weighted by Crippen LogP contribution is -2.28. The van der Waals surface area contributed by atoms with Crippen LogP contribution in [0.1, 0.15) is 22.8 Å². The van der Waals surface area contributed by atoms with Crippen LogP contribution in [0.3, 0.4) is 0 Å². The molecule has 0 saturated carbocycles. The highest BCUT2D eigenvalue weighted by Crippen LogP contribution is 2.13. The molecule has 21 heavy (non-hydrogen) atoms. The van der Waals surface area contributed by atoms with E-state index >= 15 is 0 Å². The molecule has 0 saturated heterocycles. The van der Waals surface area contributed by atoms with Crippen molar-refractivity contribution in [2.45, 2.75) is 13.3 Å². The molecule has 0 radical (unpaired) electrons. The van der Waals surface area contributed by atoms with Gasteiger partial charge in [0.15, 0.2) is 0 Å². The zero-order valence-corrected chi connectivity index (χ0v) is 12.7. The van der Waals surface area contributed by atoms with E-state index in [1.54, 1.807) is 24.3 Å². The molecule has 2 aromatic carbocycles. The predicted molar refractivity (Wildman–Crippen MR) is 85.1 cm³/mol. The smallest absolute Gasteiger partial charge is 0.251 e. The number of rotatable bonds is 6. The predicted octanol–water partition coefficient (Wildman–Crippen LogP) is 3.71. The van der Waals surface area contributed by atoms with Crippen LogP contribution in [0.15, 0.2) is 48.5 Å². The number of nitrogens with one attached hydrogen (secondary N) is 1. The molecule has 0 unspecified atom stereocenters. The topological polar surface area (TPSA) is 38.3 Å². The van der Waals surface area contributed by atoms with Crippen LogP contribution in [0.5, 0.6) is 5.75 Å². The fourth-order valence-electron chi connectivity index (χ4n) is 1.92. The van der Waals surface area contributed by atoms with Crippen LogP contribution in [0.4, 0.5) is 0 Å². The second-order valence-electron chi connectivity index (χ2n) is 4.62. The normalized spacial score (nSPS) is 10.2. The summed E-state index contributed by atoms with van der Waals surface area (Å²) >= 11 is 5.85. The Hall–Kier alpha value is -2.00. The summed E-state index contributed by atoms with van der Waals surface area (Å²) in [7, 11) is 0. The quantitative estimate of drug-likeness (QED) is 0.826. The second-order valence-corrected chi connectivity index (χ2v) is 5.05. The van der Waals surface area contributed by atoms with Crippen molar-refractivity contribution in [2.75, 3.05) is 13.2 Å². The van der Waals surface area contributed by atoms with Gasteiger partial charge in [0.2, 0.25) is 0 Å². The van der Waals surface area contributed by atoms with Crippen LogP contribution in [-0.2, 0) is 6.42 Å². The maximum Gasteiger partial charge on any atom is 0.251 e. The Kier molecular flexibility index (Phi) is 5.64. The minimum Gasteiger partial charge on any atom is -0.492 e. The average Bonchev–Trinajstić information content (AvgIpc) is 2.51. The molecule has 110 valence electrons. The zero-order chi connectivity index (χ0) is 15.1. The van der Waals surface area contributed by atoms with E-state index in [0.717, 1.165) is 12.2 Å². The molecule has 0 spiro atoms. The van der Waals surface area contributed by atoms with Gasteiger partial charge < -0.3 is 10.1 Å². The second kappa shape index (κ2) is 7.70. The van der Waals surface area contributed by atoms with Gasteiger partial charge in [0, 0.05) is 10.6 Å². The number of benzene rings is 2. The molecule has 0 aliphatic heterocycles. The molecule has 1 amide bonds. The fraction of sp³-hybridized carbons (Fsp3) is 0.235. The van der Waals surface area contributed by atoms with Gasteiger partial charge in [0.1, 0.15) is 12.4 Å². The Morgan fingerprint density at radius 2 is 2.00 bits per heavy atom. The van der Waals surface area contributed by atoms with Gasteiger partial charge in [-0.3, -0.25) is 4.79 Å². The van der Waals surface area contributed by atoms with Gasteiger partial charge in [-0.1, -0.05) is 36.7 Å². The van der Waals surface area contributed by atoms with Crippen LogP contribution in [0.2, 0.25) is 5.02 Å². The van der Waals surface area contributed by atoms with E-state index in [1.807, 2.05) is 18.2 Å². The number of amides is 1. The summed E-state index contributed by atoms with van der Waals surface area (Å²) < 4.78 is 5.62. The molecule has 0 bridgehead atoms. The van der Waals surface area contributed by atoms with Crippen molar-refractivity contribution in [3.8, 4) is 5.75 Å². The zero-order valence-electron chi connectivity index (χ0n) is 11.9. The van der Waals surface area contributed by atoms with Crippen molar-refractivity contribution in [1.82, 2.24) is 5.32 Å². The molecule has 0 atom stereocenters. The van der Waals surface area contributed by atoms with E-state index in [4.69, 9.17) is 16.3 Å². The Balaban J connectivity index is 1.78. The third-order valence-corrected chi connectivity index (χ3v) is 3.28. The Morgan fingerprint density at radius 1 is 1.19 bits per heavy atom. The molecule has 0 aromatic heterocycles. The minimum atomic E-state index is -0.150. The van der Waals surface area contributed by atoms with E-state index < -0.39 is 0 Å². The average molecular weight is 304 g/mol. The molecule has 0 fully saturated rings. The molecule has 0 heterocycles. The summed E-state index contributed by atoms with van der Waals surface area (Å²) in [6.07, 6.45) is 0.975. The van der Waals surface area contributed by atoms with Gasteiger partial charge in [-0.15, -0.1) is 0 Å². The molecule has 3 nitrogen and oxygen atoms in total. The highest BCUT2D eigenvalue weighted by Gasteiger charge is 2.05. The number of aryl methyl sites for hydroxylation is 1. The third-order valence-electron chi connectivity index (χ3n) is 3.05. The SMILES string of the molecule is CCc1cccc(OCCNC(=O)c2cccc(Cl)c2)c1. The number of halogens is 1. The molecular weight excluding hydrogens is 286 g/mol. The third kappa shape index (κ3) is 4.80. The fourth-order valence-corrected chi connectivity index (χ4v) is 2.11. The Labute approximate surface area is 129 Å². The number of carbonyl (C=O) groups is 1. The summed E-state index contributed by atoms with van der Waals surface area (Å²) in [5, 5.41) is 3.35. The first-order valence-electron chi connectivity index (χ1n) is 6.94. The summed E-state index contributed by atoms with van der Waals surface area (Å²) in [5.41, 5.74) is 1.78. The summed E-state index contributed by atoms with van der Waals surface area (Å²) in [6, 6.07) is 14.8. The van der Waals surface area contributed by atoms with Crippen molar-refractivity contribution in [1.29, 1.82) is 0 Å². The first-order chi connectivity index (χ1) is 10.2. The summed E-state index contributed by atoms with van der Waals surface area (Å²) in [6.45, 7) is 2.98. The maximum absolute atomic E-state index is 11.9. The van der Waals surface area contributed by atoms with Gasteiger partial charge in [-0.05, 0) is 42.3 Å². The molecule has 0 aliphatic carbocycles. The Bertz CT molecular complexity index is 613. The van der Waals surface area contributed by atoms with Crippen LogP contribution < -0.4 is 10.1 Å². The summed E-state index contributed by atoms with van der Waals surface area (Å²) in [4.78, 5) is 11.9. The van der Waals surface area contributed by atoms with Gasteiger partial charge in [-0.2, -0.15) is 0 Å². The van der Waals surface area contributed by atoms with Crippen LogP contribution in [-0.4, -0.2) is 19.1 Å². The van der Waals surface area contributed by atoms with Crippen molar-refractivity contribution in [3.63, 3.8) is 0 Å². The van der Waals surface area contributed by atoms with E-state index in [0.29, 0.717) is 23.7 Å². The monoisotopic (exact) mass is 303 g/mol. The maximum atomic E-state index is 11.9. The lowest BCUT2D eigenvalue weighted by atomic mass is 10.2. The molecular formula is C17H18ClNO2. The molecule has 4 heteroatoms. The van der Waals surface area contributed by atoms with E-state index in [-0.39, 0.29) is 5.91 Å². The van der Waals surface area contributed by atoms with Gasteiger partial charge in [0.25, 0.3) is 5.91 Å². The molecule has 2 aromatic rings. The van der Waals surface area contributed by atoms with E-state index in [1.165, 1.54) is 5.56 Å². The van der Waals surface area contributed by atoms with Crippen LogP contribution >= 0.6 is 11.6 Å². The van der Waals surface area contributed by atoms with Crippen molar-refractivity contribution in [3.05, 3.63) is 64.7 Å². The van der Waals surface area contributed by atoms with Crippen molar-refractivity contribution < 1.29 is 9.53 Å². The number of hydrogen-bond donors (Lipinski definition) is 1. The first-order valence-corrected chi connectivity index (χ1v) is 7.32. The van der Waals surface area contributed by atoms with E-state index in [9.17, 15) is 4.79 Å². The lowest BCUT2D eigenvalue weighted by Gasteiger charge is -2.09. The van der Waals surface area contributed by atoms with Gasteiger partial charge in [-0.25, -0.2) is 0 Å². The summed E-state index contributed by atoms with van der Waals surface area (Å²) in [5.74, 6) is 0.676. The first kappa shape index (κ1) is 15.4. The van der Waals surface area contributed by atoms with Crippen molar-refractivity contribution >= 4 is 17.5 Å². The lowest BCUT2D eigenvalue weighted by molar-refractivity contribution is 0.0947. The number of carbonyl (C=O) groups excluding carboxylic acids is 1. The minimum absolute atomic E-state index is 0.150. The number of ether oxygens (including phenoxy) is 1. The molecule has 1 N–H and O–H groups in total. The highest BCUT2D eigenvalue weighted by molar-refractivity contribution is 6.30.